The van der Waals surface area contributed by atoms with Gasteiger partial charge >= 0.3 is 16.1 Å². The Bertz CT molecular complexity index is 1350. The first-order valence-electron chi connectivity index (χ1n) is 9.63. The van der Waals surface area contributed by atoms with Crippen LogP contribution in [0.15, 0.2) is 83.1 Å². The summed E-state index contributed by atoms with van der Waals surface area (Å²) in [5.41, 5.74) is 2.45. The van der Waals surface area contributed by atoms with Gasteiger partial charge in [0.25, 0.3) is 0 Å². The average Bonchev–Trinajstić information content (AvgIpc) is 3.34. The van der Waals surface area contributed by atoms with Gasteiger partial charge < -0.3 is 8.92 Å². The summed E-state index contributed by atoms with van der Waals surface area (Å²) in [6.45, 7) is 1.87. The number of thiophene rings is 1. The van der Waals surface area contributed by atoms with E-state index in [4.69, 9.17) is 8.92 Å². The summed E-state index contributed by atoms with van der Waals surface area (Å²) < 4.78 is 36.5. The third kappa shape index (κ3) is 4.42. The smallest absolute Gasteiger partial charge is 0.340 e. The Balaban J connectivity index is 1.92. The van der Waals surface area contributed by atoms with Crippen molar-refractivity contribution in [3.05, 3.63) is 89.3 Å². The number of nitrogens with zero attached hydrogens (tertiary/aromatic N) is 1. The van der Waals surface area contributed by atoms with Crippen LogP contribution < -0.4 is 4.18 Å². The molecule has 0 bridgehead atoms. The van der Waals surface area contributed by atoms with Crippen molar-refractivity contribution >= 4 is 27.4 Å². The molecule has 0 saturated heterocycles. The molecule has 0 unspecified atom stereocenters. The summed E-state index contributed by atoms with van der Waals surface area (Å²) in [6.07, 6.45) is 0. The fraction of sp³-hybridized carbons (Fsp3) is 0.0833. The maximum Gasteiger partial charge on any atom is 0.340 e. The molecule has 0 radical (unpaired) electrons. The molecule has 4 rings (SSSR count). The minimum atomic E-state index is -4.16. The van der Waals surface area contributed by atoms with Gasteiger partial charge in [0.1, 0.15) is 4.90 Å². The van der Waals surface area contributed by atoms with E-state index in [0.29, 0.717) is 21.7 Å². The van der Waals surface area contributed by atoms with Crippen molar-refractivity contribution in [1.82, 2.24) is 4.98 Å². The van der Waals surface area contributed by atoms with E-state index in [2.05, 4.69) is 4.98 Å². The van der Waals surface area contributed by atoms with Crippen LogP contribution in [0.4, 0.5) is 0 Å². The molecule has 8 heteroatoms. The van der Waals surface area contributed by atoms with Crippen LogP contribution in [0.1, 0.15) is 15.9 Å². The van der Waals surface area contributed by atoms with E-state index in [1.165, 1.54) is 30.6 Å². The van der Waals surface area contributed by atoms with Gasteiger partial charge in [0.2, 0.25) is 5.88 Å². The number of hydrogen-bond donors (Lipinski definition) is 0. The number of hydrogen-bond acceptors (Lipinski definition) is 7. The minimum absolute atomic E-state index is 0.0126. The Labute approximate surface area is 190 Å². The highest BCUT2D eigenvalue weighted by Gasteiger charge is 2.25. The van der Waals surface area contributed by atoms with Crippen molar-refractivity contribution in [2.75, 3.05) is 7.11 Å². The molecule has 4 aromatic rings. The molecule has 0 aliphatic carbocycles. The quantitative estimate of drug-likeness (QED) is 0.282. The van der Waals surface area contributed by atoms with Gasteiger partial charge in [-0.2, -0.15) is 8.42 Å². The molecule has 6 nitrogen and oxygen atoms in total. The summed E-state index contributed by atoms with van der Waals surface area (Å²) in [4.78, 5) is 17.7. The second kappa shape index (κ2) is 8.94. The monoisotopic (exact) mass is 465 g/mol. The highest BCUT2D eigenvalue weighted by molar-refractivity contribution is 7.87. The van der Waals surface area contributed by atoms with E-state index < -0.39 is 16.1 Å². The van der Waals surface area contributed by atoms with Crippen molar-refractivity contribution in [3.8, 4) is 27.6 Å². The number of esters is 1. The van der Waals surface area contributed by atoms with Crippen LogP contribution in [0.2, 0.25) is 0 Å². The van der Waals surface area contributed by atoms with Gasteiger partial charge in [0.15, 0.2) is 0 Å². The van der Waals surface area contributed by atoms with Crippen molar-refractivity contribution in [2.24, 2.45) is 0 Å². The number of methoxy groups -OCH3 is 1. The van der Waals surface area contributed by atoms with Gasteiger partial charge in [-0.3, -0.25) is 0 Å². The summed E-state index contributed by atoms with van der Waals surface area (Å²) in [7, 11) is -2.87. The summed E-state index contributed by atoms with van der Waals surface area (Å²) in [5.74, 6) is -0.696. The molecule has 2 aromatic carbocycles. The molecular weight excluding hydrogens is 446 g/mol. The predicted octanol–water partition coefficient (Wildman–Crippen LogP) is 5.34. The van der Waals surface area contributed by atoms with Crippen molar-refractivity contribution in [2.45, 2.75) is 11.8 Å². The fourth-order valence-electron chi connectivity index (χ4n) is 3.11. The van der Waals surface area contributed by atoms with Crippen LogP contribution in [0.25, 0.3) is 21.7 Å². The first-order valence-corrected chi connectivity index (χ1v) is 11.9. The molecule has 2 aromatic heterocycles. The van der Waals surface area contributed by atoms with E-state index in [9.17, 15) is 13.2 Å². The third-order valence-corrected chi connectivity index (χ3v) is 6.83. The second-order valence-corrected chi connectivity index (χ2v) is 9.42. The lowest BCUT2D eigenvalue weighted by Crippen LogP contribution is -2.13. The lowest BCUT2D eigenvalue weighted by Gasteiger charge is -2.15. The van der Waals surface area contributed by atoms with E-state index in [0.717, 1.165) is 5.56 Å². The van der Waals surface area contributed by atoms with Crippen LogP contribution in [0.5, 0.6) is 5.88 Å². The topological polar surface area (TPSA) is 82.6 Å². The van der Waals surface area contributed by atoms with Crippen LogP contribution >= 0.6 is 11.3 Å². The molecule has 2 heterocycles. The molecule has 162 valence electrons. The van der Waals surface area contributed by atoms with Gasteiger partial charge in [0.05, 0.1) is 23.2 Å². The number of aromatic nitrogens is 1. The zero-order valence-electron chi connectivity index (χ0n) is 17.3. The van der Waals surface area contributed by atoms with Gasteiger partial charge in [-0.15, -0.1) is 11.3 Å². The zero-order chi connectivity index (χ0) is 22.7. The van der Waals surface area contributed by atoms with Gasteiger partial charge in [-0.25, -0.2) is 9.78 Å². The number of ether oxygens (including phenoxy) is 1. The van der Waals surface area contributed by atoms with E-state index in [-0.39, 0.29) is 16.3 Å². The number of benzene rings is 2. The number of rotatable bonds is 6. The largest absolute Gasteiger partial charge is 0.465 e. The Morgan fingerprint density at radius 2 is 1.69 bits per heavy atom. The van der Waals surface area contributed by atoms with Gasteiger partial charge in [-0.05, 0) is 42.1 Å². The maximum absolute atomic E-state index is 13.0. The Morgan fingerprint density at radius 3 is 2.31 bits per heavy atom. The van der Waals surface area contributed by atoms with E-state index in [1.54, 1.807) is 48.5 Å². The molecule has 0 amide bonds. The molecule has 0 atom stereocenters. The van der Waals surface area contributed by atoms with Crippen molar-refractivity contribution < 1.29 is 22.1 Å². The normalized spacial score (nSPS) is 11.2. The summed E-state index contributed by atoms with van der Waals surface area (Å²) in [6, 6.07) is 20.5. The molecule has 0 saturated carbocycles. The zero-order valence-corrected chi connectivity index (χ0v) is 18.9. The standard InChI is InChI=1S/C24H19NO5S2/c1-16-10-12-18(13-11-16)32(27,28)30-23-19(17-7-4-3-5-8-17)15-20(24(26)29-2)22(25-23)21-9-6-14-31-21/h3-15H,1-2H3. The fourth-order valence-corrected chi connectivity index (χ4v) is 4.74. The molecule has 0 aliphatic rings. The Kier molecular flexibility index (Phi) is 6.07. The number of carbonyl (C=O) groups is 1. The first kappa shape index (κ1) is 21.7. The molecule has 0 N–H and O–H groups in total. The van der Waals surface area contributed by atoms with Crippen LogP contribution in [0, 0.1) is 6.92 Å². The SMILES string of the molecule is COC(=O)c1cc(-c2ccccc2)c(OS(=O)(=O)c2ccc(C)cc2)nc1-c1cccs1. The molecule has 0 aliphatic heterocycles. The first-order chi connectivity index (χ1) is 15.4. The molecule has 0 spiro atoms. The third-order valence-electron chi connectivity index (χ3n) is 4.73. The lowest BCUT2D eigenvalue weighted by atomic mass is 10.0. The highest BCUT2D eigenvalue weighted by Crippen LogP contribution is 2.37. The molecule has 0 fully saturated rings. The van der Waals surface area contributed by atoms with Crippen LogP contribution in [0.3, 0.4) is 0 Å². The maximum atomic E-state index is 13.0. The van der Waals surface area contributed by atoms with E-state index in [1.807, 2.05) is 24.4 Å². The second-order valence-electron chi connectivity index (χ2n) is 6.92. The van der Waals surface area contributed by atoms with Crippen LogP contribution in [-0.4, -0.2) is 26.5 Å². The van der Waals surface area contributed by atoms with Gasteiger partial charge in [-0.1, -0.05) is 54.1 Å². The minimum Gasteiger partial charge on any atom is -0.465 e. The number of aryl methyl sites for hydroxylation is 1. The lowest BCUT2D eigenvalue weighted by molar-refractivity contribution is 0.0601. The summed E-state index contributed by atoms with van der Waals surface area (Å²) in [5, 5.41) is 1.84. The van der Waals surface area contributed by atoms with Gasteiger partial charge in [0, 0.05) is 5.56 Å². The van der Waals surface area contributed by atoms with Crippen molar-refractivity contribution in [3.63, 3.8) is 0 Å². The highest BCUT2D eigenvalue weighted by atomic mass is 32.2. The average molecular weight is 466 g/mol. The number of carbonyl (C=O) groups excluding carboxylic acids is 1. The number of pyridine rings is 1. The van der Waals surface area contributed by atoms with Crippen molar-refractivity contribution in [1.29, 1.82) is 0 Å². The Hall–Kier alpha value is -3.49. The molecular formula is C24H19NO5S2. The predicted molar refractivity (Wildman–Crippen MR) is 123 cm³/mol. The Morgan fingerprint density at radius 1 is 0.969 bits per heavy atom. The molecule has 32 heavy (non-hydrogen) atoms. The van der Waals surface area contributed by atoms with E-state index >= 15 is 0 Å². The summed E-state index contributed by atoms with van der Waals surface area (Å²) >= 11 is 1.37. The van der Waals surface area contributed by atoms with Crippen LogP contribution in [-0.2, 0) is 14.9 Å².